The van der Waals surface area contributed by atoms with Gasteiger partial charge in [0.05, 0.1) is 0 Å². The van der Waals surface area contributed by atoms with E-state index in [0.29, 0.717) is 37.5 Å². The highest BCUT2D eigenvalue weighted by atomic mass is 16.5. The van der Waals surface area contributed by atoms with Gasteiger partial charge in [-0.15, -0.1) is 0 Å². The normalized spacial score (nSPS) is 14.7. The quantitative estimate of drug-likeness (QED) is 0.825. The number of rotatable bonds is 4. The molecular formula is C14H16N2O5. The van der Waals surface area contributed by atoms with Crippen LogP contribution in [0.1, 0.15) is 10.4 Å². The molecule has 0 bridgehead atoms. The second-order valence-electron chi connectivity index (χ2n) is 4.63. The second-order valence-corrected chi connectivity index (χ2v) is 4.63. The molecule has 0 saturated carbocycles. The van der Waals surface area contributed by atoms with Crippen molar-refractivity contribution < 1.29 is 24.2 Å². The fourth-order valence-electron chi connectivity index (χ4n) is 2.03. The number of benzene rings is 1. The van der Waals surface area contributed by atoms with E-state index in [2.05, 4.69) is 0 Å². The Kier molecular flexibility index (Phi) is 4.76. The molecule has 0 aromatic heterocycles. The van der Waals surface area contributed by atoms with E-state index in [1.165, 1.54) is 4.90 Å². The number of ether oxygens (including phenoxy) is 1. The Morgan fingerprint density at radius 2 is 1.67 bits per heavy atom. The lowest BCUT2D eigenvalue weighted by Crippen LogP contribution is -2.51. The van der Waals surface area contributed by atoms with Gasteiger partial charge >= 0.3 is 6.09 Å². The molecular weight excluding hydrogens is 276 g/mol. The summed E-state index contributed by atoms with van der Waals surface area (Å²) in [5, 5.41) is 8.83. The van der Waals surface area contributed by atoms with Crippen molar-refractivity contribution in [2.75, 3.05) is 32.8 Å². The predicted molar refractivity (Wildman–Crippen MR) is 73.5 cm³/mol. The molecule has 1 N–H and O–H groups in total. The molecule has 1 saturated heterocycles. The summed E-state index contributed by atoms with van der Waals surface area (Å²) in [6.07, 6.45) is -0.231. The van der Waals surface area contributed by atoms with Crippen molar-refractivity contribution in [3.63, 3.8) is 0 Å². The third kappa shape index (κ3) is 3.95. The van der Waals surface area contributed by atoms with Gasteiger partial charge in [0.2, 0.25) is 0 Å². The SMILES string of the molecule is O=Cc1ccc(OCC(=O)N2CCN(C(=O)O)CC2)cc1. The molecule has 2 amide bonds. The molecule has 7 nitrogen and oxygen atoms in total. The summed E-state index contributed by atoms with van der Waals surface area (Å²) in [7, 11) is 0. The number of carboxylic acid groups (broad SMARTS) is 1. The first-order chi connectivity index (χ1) is 10.1. The molecule has 1 fully saturated rings. The zero-order chi connectivity index (χ0) is 15.2. The summed E-state index contributed by atoms with van der Waals surface area (Å²) in [5.74, 6) is 0.331. The van der Waals surface area contributed by atoms with Crippen molar-refractivity contribution >= 4 is 18.3 Å². The summed E-state index contributed by atoms with van der Waals surface area (Å²) in [6.45, 7) is 1.27. The second kappa shape index (κ2) is 6.74. The molecule has 0 unspecified atom stereocenters. The van der Waals surface area contributed by atoms with E-state index in [9.17, 15) is 14.4 Å². The van der Waals surface area contributed by atoms with Gasteiger partial charge in [0, 0.05) is 31.7 Å². The smallest absolute Gasteiger partial charge is 0.407 e. The maximum absolute atomic E-state index is 11.9. The van der Waals surface area contributed by atoms with Gasteiger partial charge < -0.3 is 19.6 Å². The third-order valence-corrected chi connectivity index (χ3v) is 3.28. The van der Waals surface area contributed by atoms with Gasteiger partial charge in [-0.2, -0.15) is 0 Å². The summed E-state index contributed by atoms with van der Waals surface area (Å²) < 4.78 is 5.36. The molecule has 0 spiro atoms. The summed E-state index contributed by atoms with van der Waals surface area (Å²) in [6, 6.07) is 6.47. The number of piperazine rings is 1. The van der Waals surface area contributed by atoms with Gasteiger partial charge in [-0.3, -0.25) is 9.59 Å². The van der Waals surface area contributed by atoms with Gasteiger partial charge in [0.15, 0.2) is 6.61 Å². The van der Waals surface area contributed by atoms with E-state index >= 15 is 0 Å². The topological polar surface area (TPSA) is 87.2 Å². The van der Waals surface area contributed by atoms with E-state index in [4.69, 9.17) is 9.84 Å². The molecule has 112 valence electrons. The van der Waals surface area contributed by atoms with E-state index in [0.717, 1.165) is 6.29 Å². The van der Waals surface area contributed by atoms with Crippen molar-refractivity contribution in [2.45, 2.75) is 0 Å². The number of hydrogen-bond donors (Lipinski definition) is 1. The monoisotopic (exact) mass is 292 g/mol. The average molecular weight is 292 g/mol. The summed E-state index contributed by atoms with van der Waals surface area (Å²) >= 11 is 0. The van der Waals surface area contributed by atoms with Gasteiger partial charge in [0.1, 0.15) is 12.0 Å². The fraction of sp³-hybridized carbons (Fsp3) is 0.357. The van der Waals surface area contributed by atoms with Gasteiger partial charge in [-0.1, -0.05) is 0 Å². The van der Waals surface area contributed by atoms with Gasteiger partial charge in [-0.25, -0.2) is 4.79 Å². The van der Waals surface area contributed by atoms with Crippen molar-refractivity contribution in [3.05, 3.63) is 29.8 Å². The number of nitrogens with zero attached hydrogens (tertiary/aromatic N) is 2. The predicted octanol–water partition coefficient (Wildman–Crippen LogP) is 0.700. The zero-order valence-corrected chi connectivity index (χ0v) is 11.4. The maximum Gasteiger partial charge on any atom is 0.407 e. The lowest BCUT2D eigenvalue weighted by atomic mass is 10.2. The molecule has 21 heavy (non-hydrogen) atoms. The molecule has 1 aromatic rings. The number of amides is 2. The van der Waals surface area contributed by atoms with Crippen molar-refractivity contribution in [3.8, 4) is 5.75 Å². The van der Waals surface area contributed by atoms with Crippen LogP contribution in [0.3, 0.4) is 0 Å². The highest BCUT2D eigenvalue weighted by Gasteiger charge is 2.23. The molecule has 1 aromatic carbocycles. The van der Waals surface area contributed by atoms with Crippen LogP contribution in [0.25, 0.3) is 0 Å². The number of aldehydes is 1. The van der Waals surface area contributed by atoms with Crippen LogP contribution in [0.2, 0.25) is 0 Å². The number of carbonyl (C=O) groups is 3. The van der Waals surface area contributed by atoms with E-state index in [-0.39, 0.29) is 12.5 Å². The van der Waals surface area contributed by atoms with Crippen molar-refractivity contribution in [1.82, 2.24) is 9.80 Å². The Labute approximate surface area is 121 Å². The van der Waals surface area contributed by atoms with E-state index in [1.807, 2.05) is 0 Å². The molecule has 0 aliphatic carbocycles. The van der Waals surface area contributed by atoms with Crippen LogP contribution < -0.4 is 4.74 Å². The molecule has 1 heterocycles. The molecule has 1 aliphatic rings. The highest BCUT2D eigenvalue weighted by molar-refractivity contribution is 5.78. The van der Waals surface area contributed by atoms with Crippen LogP contribution in [-0.2, 0) is 4.79 Å². The zero-order valence-electron chi connectivity index (χ0n) is 11.4. The standard InChI is InChI=1S/C14H16N2O5/c17-9-11-1-3-12(4-2-11)21-10-13(18)15-5-7-16(8-6-15)14(19)20/h1-4,9H,5-8,10H2,(H,19,20). The van der Waals surface area contributed by atoms with E-state index < -0.39 is 6.09 Å². The highest BCUT2D eigenvalue weighted by Crippen LogP contribution is 2.11. The lowest BCUT2D eigenvalue weighted by Gasteiger charge is -2.33. The molecule has 0 radical (unpaired) electrons. The fourth-order valence-corrected chi connectivity index (χ4v) is 2.03. The van der Waals surface area contributed by atoms with Crippen LogP contribution in [-0.4, -0.2) is 66.0 Å². The van der Waals surface area contributed by atoms with Crippen LogP contribution in [0.5, 0.6) is 5.75 Å². The Hall–Kier alpha value is -2.57. The largest absolute Gasteiger partial charge is 0.484 e. The Morgan fingerprint density at radius 3 is 2.19 bits per heavy atom. The number of carbonyl (C=O) groups excluding carboxylic acids is 2. The first-order valence-corrected chi connectivity index (χ1v) is 6.54. The minimum absolute atomic E-state index is 0.104. The molecule has 1 aliphatic heterocycles. The Bertz CT molecular complexity index is 521. The van der Waals surface area contributed by atoms with Crippen LogP contribution >= 0.6 is 0 Å². The minimum Gasteiger partial charge on any atom is -0.484 e. The van der Waals surface area contributed by atoms with Gasteiger partial charge in [-0.05, 0) is 24.3 Å². The first kappa shape index (κ1) is 14.8. The van der Waals surface area contributed by atoms with Crippen molar-refractivity contribution in [1.29, 1.82) is 0 Å². The van der Waals surface area contributed by atoms with Gasteiger partial charge in [0.25, 0.3) is 5.91 Å². The molecule has 0 atom stereocenters. The minimum atomic E-state index is -0.964. The molecule has 7 heteroatoms. The summed E-state index contributed by atoms with van der Waals surface area (Å²) in [4.78, 5) is 36.1. The van der Waals surface area contributed by atoms with Crippen LogP contribution in [0, 0.1) is 0 Å². The number of hydrogen-bond acceptors (Lipinski definition) is 4. The third-order valence-electron chi connectivity index (χ3n) is 3.28. The summed E-state index contributed by atoms with van der Waals surface area (Å²) in [5.41, 5.74) is 0.540. The van der Waals surface area contributed by atoms with Crippen molar-refractivity contribution in [2.24, 2.45) is 0 Å². The first-order valence-electron chi connectivity index (χ1n) is 6.54. The van der Waals surface area contributed by atoms with Crippen LogP contribution in [0.4, 0.5) is 4.79 Å². The Morgan fingerprint density at radius 1 is 1.10 bits per heavy atom. The van der Waals surface area contributed by atoms with Crippen LogP contribution in [0.15, 0.2) is 24.3 Å². The molecule has 2 rings (SSSR count). The average Bonchev–Trinajstić information content (AvgIpc) is 2.53. The van der Waals surface area contributed by atoms with E-state index in [1.54, 1.807) is 29.2 Å². The lowest BCUT2D eigenvalue weighted by molar-refractivity contribution is -0.134. The Balaban J connectivity index is 1.79. The maximum atomic E-state index is 11.9.